The minimum atomic E-state index is -0.0839. The number of amides is 1. The van der Waals surface area contributed by atoms with Crippen molar-refractivity contribution in [2.45, 2.75) is 26.3 Å². The minimum Gasteiger partial charge on any atom is -0.492 e. The molecule has 0 saturated heterocycles. The number of carbonyl (C=O) groups is 1. The van der Waals surface area contributed by atoms with E-state index in [9.17, 15) is 4.79 Å². The Kier molecular flexibility index (Phi) is 8.07. The van der Waals surface area contributed by atoms with Gasteiger partial charge in [-0.3, -0.25) is 9.78 Å². The molecule has 0 saturated carbocycles. The molecule has 0 spiro atoms. The van der Waals surface area contributed by atoms with Gasteiger partial charge in [0.25, 0.3) is 5.91 Å². The van der Waals surface area contributed by atoms with E-state index in [0.717, 1.165) is 52.2 Å². The van der Waals surface area contributed by atoms with Crippen LogP contribution in [0.3, 0.4) is 0 Å². The van der Waals surface area contributed by atoms with Gasteiger partial charge in [0.15, 0.2) is 0 Å². The van der Waals surface area contributed by atoms with E-state index in [-0.39, 0.29) is 5.91 Å². The fraction of sp³-hybridized carbons (Fsp3) is 0.207. The first-order chi connectivity index (χ1) is 17.2. The lowest BCUT2D eigenvalue weighted by molar-refractivity contribution is 0.0954. The summed E-state index contributed by atoms with van der Waals surface area (Å²) in [5.41, 5.74) is 5.86. The molecule has 4 rings (SSSR count). The lowest BCUT2D eigenvalue weighted by Crippen LogP contribution is -2.24. The van der Waals surface area contributed by atoms with E-state index < -0.39 is 0 Å². The maximum atomic E-state index is 12.7. The Morgan fingerprint density at radius 3 is 2.89 bits per heavy atom. The van der Waals surface area contributed by atoms with Crippen molar-refractivity contribution in [3.05, 3.63) is 108 Å². The number of carbonyl (C=O) groups excluding carboxylic acids is 1. The summed E-state index contributed by atoms with van der Waals surface area (Å²) in [4.78, 5) is 21.4. The number of nitrogens with zero attached hydrogens (tertiary/aromatic N) is 2. The molecule has 3 aromatic rings. The molecule has 0 aliphatic carbocycles. The molecule has 35 heavy (non-hydrogen) atoms. The highest BCUT2D eigenvalue weighted by Crippen LogP contribution is 2.39. The highest BCUT2D eigenvalue weighted by atomic mass is 16.5. The smallest absolute Gasteiger partial charge is 0.251 e. The van der Waals surface area contributed by atoms with Crippen LogP contribution in [-0.4, -0.2) is 29.0 Å². The van der Waals surface area contributed by atoms with Gasteiger partial charge in [-0.1, -0.05) is 43.0 Å². The van der Waals surface area contributed by atoms with Crippen LogP contribution >= 0.6 is 0 Å². The highest BCUT2D eigenvalue weighted by molar-refractivity contribution is 5.94. The third kappa shape index (κ3) is 6.03. The molecule has 6 nitrogen and oxygen atoms in total. The van der Waals surface area contributed by atoms with Crippen LogP contribution in [0.25, 0.3) is 11.1 Å². The number of benzene rings is 1. The van der Waals surface area contributed by atoms with Gasteiger partial charge in [0.1, 0.15) is 11.6 Å². The van der Waals surface area contributed by atoms with E-state index in [2.05, 4.69) is 27.2 Å². The Balaban J connectivity index is 1.40. The van der Waals surface area contributed by atoms with Gasteiger partial charge in [0, 0.05) is 54.8 Å². The molecular formula is C29H30N4O2. The van der Waals surface area contributed by atoms with Crippen molar-refractivity contribution in [1.82, 2.24) is 15.3 Å². The number of rotatable bonds is 10. The molecule has 0 radical (unpaired) electrons. The number of pyridine rings is 2. The standard InChI is InChI=1S/C29H30N4O2/c1-3-6-21(7-4-2)10-16-31-29(34)24-9-5-8-22(18-24)19-32-28-25-13-17-35-27(25)26(20-33-28)23-11-14-30-15-12-23/h3-9,11-12,14-15,18,20H,1,10,13,16-17,19H2,2H3,(H,31,34)(H,32,33)/b7-4-,21-6+. The van der Waals surface area contributed by atoms with E-state index in [1.54, 1.807) is 18.5 Å². The van der Waals surface area contributed by atoms with Crippen molar-refractivity contribution in [2.75, 3.05) is 18.5 Å². The number of hydrogen-bond donors (Lipinski definition) is 2. The van der Waals surface area contributed by atoms with Crippen LogP contribution in [0.5, 0.6) is 5.75 Å². The van der Waals surface area contributed by atoms with Crippen LogP contribution in [0, 0.1) is 0 Å². The molecule has 2 N–H and O–H groups in total. The fourth-order valence-electron chi connectivity index (χ4n) is 4.10. The molecular weight excluding hydrogens is 436 g/mol. The summed E-state index contributed by atoms with van der Waals surface area (Å²) < 4.78 is 5.95. The zero-order valence-electron chi connectivity index (χ0n) is 20.0. The van der Waals surface area contributed by atoms with E-state index in [1.807, 2.05) is 67.7 Å². The largest absolute Gasteiger partial charge is 0.492 e. The SMILES string of the molecule is C=C/C=C(\C=C/C)CCNC(=O)c1cccc(CNc2ncc(-c3ccncc3)c3c2CCO3)c1. The van der Waals surface area contributed by atoms with Gasteiger partial charge in [0.05, 0.1) is 6.61 Å². The first-order valence-corrected chi connectivity index (χ1v) is 11.8. The zero-order valence-corrected chi connectivity index (χ0v) is 20.0. The van der Waals surface area contributed by atoms with Crippen LogP contribution < -0.4 is 15.4 Å². The molecule has 0 atom stereocenters. The second kappa shape index (κ2) is 11.8. The van der Waals surface area contributed by atoms with Gasteiger partial charge in [-0.15, -0.1) is 0 Å². The molecule has 3 heterocycles. The minimum absolute atomic E-state index is 0.0839. The van der Waals surface area contributed by atoms with Crippen molar-refractivity contribution in [1.29, 1.82) is 0 Å². The predicted molar refractivity (Wildman–Crippen MR) is 140 cm³/mol. The zero-order chi connectivity index (χ0) is 24.5. The maximum absolute atomic E-state index is 12.7. The second-order valence-electron chi connectivity index (χ2n) is 8.20. The highest BCUT2D eigenvalue weighted by Gasteiger charge is 2.22. The molecule has 1 aliphatic rings. The van der Waals surface area contributed by atoms with E-state index in [0.29, 0.717) is 25.3 Å². The van der Waals surface area contributed by atoms with Crippen LogP contribution in [-0.2, 0) is 13.0 Å². The molecule has 178 valence electrons. The van der Waals surface area contributed by atoms with Crippen molar-refractivity contribution < 1.29 is 9.53 Å². The van der Waals surface area contributed by atoms with E-state index in [1.165, 1.54) is 0 Å². The summed E-state index contributed by atoms with van der Waals surface area (Å²) in [6.45, 7) is 7.47. The maximum Gasteiger partial charge on any atom is 0.251 e. The Labute approximate surface area is 206 Å². The van der Waals surface area contributed by atoms with Crippen LogP contribution in [0.2, 0.25) is 0 Å². The average molecular weight is 467 g/mol. The Bertz CT molecular complexity index is 1250. The molecule has 1 amide bonds. The molecule has 2 aromatic heterocycles. The molecule has 1 aliphatic heterocycles. The third-order valence-corrected chi connectivity index (χ3v) is 5.78. The Morgan fingerprint density at radius 1 is 1.23 bits per heavy atom. The predicted octanol–water partition coefficient (Wildman–Crippen LogP) is 5.50. The summed E-state index contributed by atoms with van der Waals surface area (Å²) in [5, 5.41) is 6.43. The number of anilines is 1. The summed E-state index contributed by atoms with van der Waals surface area (Å²) in [6.07, 6.45) is 14.7. The van der Waals surface area contributed by atoms with Gasteiger partial charge in [-0.05, 0) is 54.3 Å². The number of fused-ring (bicyclic) bond motifs is 1. The number of hydrogen-bond acceptors (Lipinski definition) is 5. The topological polar surface area (TPSA) is 76.1 Å². The monoisotopic (exact) mass is 466 g/mol. The summed E-state index contributed by atoms with van der Waals surface area (Å²) >= 11 is 0. The number of ether oxygens (including phenoxy) is 1. The summed E-state index contributed by atoms with van der Waals surface area (Å²) in [7, 11) is 0. The van der Waals surface area contributed by atoms with Crippen LogP contribution in [0.15, 0.2) is 91.4 Å². The molecule has 1 aromatic carbocycles. The molecule has 0 bridgehead atoms. The first kappa shape index (κ1) is 24.0. The van der Waals surface area contributed by atoms with Crippen LogP contribution in [0.1, 0.15) is 34.8 Å². The summed E-state index contributed by atoms with van der Waals surface area (Å²) in [6, 6.07) is 11.6. The van der Waals surface area contributed by atoms with Gasteiger partial charge >= 0.3 is 0 Å². The average Bonchev–Trinajstić information content (AvgIpc) is 3.38. The van der Waals surface area contributed by atoms with Gasteiger partial charge in [-0.2, -0.15) is 0 Å². The Morgan fingerprint density at radius 2 is 2.09 bits per heavy atom. The van der Waals surface area contributed by atoms with Crippen LogP contribution in [0.4, 0.5) is 5.82 Å². The van der Waals surface area contributed by atoms with Crippen molar-refractivity contribution in [2.24, 2.45) is 0 Å². The number of aromatic nitrogens is 2. The van der Waals surface area contributed by atoms with Crippen molar-refractivity contribution in [3.63, 3.8) is 0 Å². The lowest BCUT2D eigenvalue weighted by atomic mass is 10.0. The number of nitrogens with one attached hydrogen (secondary N) is 2. The van der Waals surface area contributed by atoms with Gasteiger partial charge < -0.3 is 15.4 Å². The van der Waals surface area contributed by atoms with Crippen molar-refractivity contribution >= 4 is 11.7 Å². The fourth-order valence-corrected chi connectivity index (χ4v) is 4.10. The normalized spacial score (nSPS) is 12.8. The quantitative estimate of drug-likeness (QED) is 0.386. The van der Waals surface area contributed by atoms with E-state index in [4.69, 9.17) is 4.74 Å². The first-order valence-electron chi connectivity index (χ1n) is 11.8. The third-order valence-electron chi connectivity index (χ3n) is 5.78. The molecule has 0 fully saturated rings. The van der Waals surface area contributed by atoms with Gasteiger partial charge in [0.2, 0.25) is 0 Å². The van der Waals surface area contributed by atoms with Gasteiger partial charge in [-0.25, -0.2) is 4.98 Å². The summed E-state index contributed by atoms with van der Waals surface area (Å²) in [5.74, 6) is 1.61. The lowest BCUT2D eigenvalue weighted by Gasteiger charge is -2.13. The second-order valence-corrected chi connectivity index (χ2v) is 8.20. The molecule has 0 unspecified atom stereocenters. The molecule has 6 heteroatoms. The van der Waals surface area contributed by atoms with Crippen molar-refractivity contribution in [3.8, 4) is 16.9 Å². The van der Waals surface area contributed by atoms with E-state index >= 15 is 0 Å². The Hall–Kier alpha value is -4.19. The number of allylic oxidation sites excluding steroid dienone is 4.